The van der Waals surface area contributed by atoms with Gasteiger partial charge in [-0.2, -0.15) is 18.3 Å². The molecule has 13 heteroatoms. The Morgan fingerprint density at radius 1 is 1.00 bits per heavy atom. The number of carbonyl (C=O) groups is 2. The Hall–Kier alpha value is -4.26. The second-order valence-electron chi connectivity index (χ2n) is 11.2. The van der Waals surface area contributed by atoms with E-state index in [0.29, 0.717) is 49.8 Å². The van der Waals surface area contributed by atoms with E-state index >= 15 is 0 Å². The van der Waals surface area contributed by atoms with Crippen LogP contribution in [0.4, 0.5) is 23.7 Å². The molecule has 1 aromatic heterocycles. The van der Waals surface area contributed by atoms with Crippen LogP contribution >= 0.6 is 0 Å². The van der Waals surface area contributed by atoms with E-state index < -0.39 is 23.2 Å². The molecule has 0 spiro atoms. The van der Waals surface area contributed by atoms with Crippen molar-refractivity contribution in [3.8, 4) is 17.2 Å². The van der Waals surface area contributed by atoms with Gasteiger partial charge in [0.25, 0.3) is 5.91 Å². The monoisotopic (exact) mass is 586 g/mol. The largest absolute Gasteiger partial charge is 0.457 e. The van der Waals surface area contributed by atoms with Crippen LogP contribution < -0.4 is 15.8 Å². The number of primary amides is 1. The Bertz CT molecular complexity index is 1460. The number of ether oxygens (including phenoxy) is 2. The Morgan fingerprint density at radius 3 is 2.29 bits per heavy atom. The number of piperazine rings is 1. The van der Waals surface area contributed by atoms with Crippen molar-refractivity contribution in [1.82, 2.24) is 19.6 Å². The van der Waals surface area contributed by atoms with Crippen molar-refractivity contribution < 1.29 is 32.2 Å². The Kier molecular flexibility index (Phi) is 7.80. The van der Waals surface area contributed by atoms with Crippen LogP contribution in [0, 0.1) is 0 Å². The SMILES string of the molecule is CC(C)(C)OC(=O)N1CCN(C2CCNc3c2nn(-c2ccc(Oc4ccccc4C(F)(F)F)cc2)c3C(N)=O)CC1. The zero-order valence-electron chi connectivity index (χ0n) is 23.6. The number of fused-ring (bicyclic) bond motifs is 1. The van der Waals surface area contributed by atoms with E-state index in [2.05, 4.69) is 10.2 Å². The molecular weight excluding hydrogens is 553 g/mol. The van der Waals surface area contributed by atoms with Gasteiger partial charge in [0.05, 0.1) is 23.0 Å². The summed E-state index contributed by atoms with van der Waals surface area (Å²) in [6.07, 6.45) is -4.17. The molecule has 1 unspecified atom stereocenters. The molecule has 1 atom stereocenters. The smallest absolute Gasteiger partial charge is 0.419 e. The molecule has 1 saturated heterocycles. The number of nitrogens with one attached hydrogen (secondary N) is 1. The summed E-state index contributed by atoms with van der Waals surface area (Å²) in [5.41, 5.74) is 6.22. The number of amides is 2. The highest BCUT2D eigenvalue weighted by molar-refractivity contribution is 5.98. The number of halogens is 3. The summed E-state index contributed by atoms with van der Waals surface area (Å²) >= 11 is 0. The van der Waals surface area contributed by atoms with Crippen molar-refractivity contribution in [1.29, 1.82) is 0 Å². The molecule has 10 nitrogen and oxygen atoms in total. The predicted molar refractivity (Wildman–Crippen MR) is 149 cm³/mol. The molecular formula is C29H33F3N6O4. The van der Waals surface area contributed by atoms with Crippen molar-refractivity contribution in [3.63, 3.8) is 0 Å². The lowest BCUT2D eigenvalue weighted by Gasteiger charge is -2.40. The minimum atomic E-state index is -4.56. The first-order valence-corrected chi connectivity index (χ1v) is 13.6. The lowest BCUT2D eigenvalue weighted by Crippen LogP contribution is -2.51. The normalized spacial score (nSPS) is 17.8. The number of hydrogen-bond acceptors (Lipinski definition) is 7. The van der Waals surface area contributed by atoms with Crippen molar-refractivity contribution >= 4 is 17.7 Å². The van der Waals surface area contributed by atoms with Gasteiger partial charge in [-0.3, -0.25) is 9.69 Å². The van der Waals surface area contributed by atoms with E-state index in [9.17, 15) is 22.8 Å². The molecule has 0 saturated carbocycles. The zero-order valence-corrected chi connectivity index (χ0v) is 23.6. The molecule has 2 aliphatic rings. The molecule has 2 aliphatic heterocycles. The predicted octanol–water partition coefficient (Wildman–Crippen LogP) is 5.19. The number of carbonyl (C=O) groups excluding carboxylic acids is 2. The molecule has 224 valence electrons. The standard InChI is InChI=1S/C29H33F3N6O4/c1-28(2,3)42-27(40)37-16-14-36(15-17-37)21-12-13-34-24-23(21)35-38(25(24)26(33)39)18-8-10-19(11-9-18)41-22-7-5-4-6-20(22)29(30,31)32/h4-11,21,34H,12-17H2,1-3H3,(H2,33,39). The number of para-hydroxylation sites is 1. The summed E-state index contributed by atoms with van der Waals surface area (Å²) in [5.74, 6) is -0.804. The van der Waals surface area contributed by atoms with Gasteiger partial charge in [-0.25, -0.2) is 9.48 Å². The molecule has 0 aliphatic carbocycles. The molecule has 3 N–H and O–H groups in total. The van der Waals surface area contributed by atoms with Crippen LogP contribution in [0.5, 0.6) is 11.5 Å². The van der Waals surface area contributed by atoms with Gasteiger partial charge in [0.2, 0.25) is 0 Å². The van der Waals surface area contributed by atoms with E-state index in [1.165, 1.54) is 35.0 Å². The van der Waals surface area contributed by atoms with E-state index in [1.807, 2.05) is 20.8 Å². The number of aromatic nitrogens is 2. The van der Waals surface area contributed by atoms with Crippen molar-refractivity contribution in [2.45, 2.75) is 45.0 Å². The molecule has 3 heterocycles. The van der Waals surface area contributed by atoms with Crippen LogP contribution in [0.2, 0.25) is 0 Å². The number of nitrogens with zero attached hydrogens (tertiary/aromatic N) is 4. The van der Waals surface area contributed by atoms with Crippen LogP contribution in [-0.2, 0) is 10.9 Å². The first-order valence-electron chi connectivity index (χ1n) is 13.6. The van der Waals surface area contributed by atoms with E-state index in [4.69, 9.17) is 20.3 Å². The highest BCUT2D eigenvalue weighted by Crippen LogP contribution is 2.39. The lowest BCUT2D eigenvalue weighted by atomic mass is 10.0. The van der Waals surface area contributed by atoms with Gasteiger partial charge >= 0.3 is 12.3 Å². The third-order valence-electron chi connectivity index (χ3n) is 7.09. The second-order valence-corrected chi connectivity index (χ2v) is 11.2. The maximum Gasteiger partial charge on any atom is 0.419 e. The summed E-state index contributed by atoms with van der Waals surface area (Å²) in [6.45, 7) is 8.29. The third-order valence-corrected chi connectivity index (χ3v) is 7.09. The van der Waals surface area contributed by atoms with Gasteiger partial charge in [-0.15, -0.1) is 0 Å². The summed E-state index contributed by atoms with van der Waals surface area (Å²) in [7, 11) is 0. The Balaban J connectivity index is 1.37. The van der Waals surface area contributed by atoms with Gasteiger partial charge in [-0.1, -0.05) is 12.1 Å². The quantitative estimate of drug-likeness (QED) is 0.423. The number of alkyl halides is 3. The van der Waals surface area contributed by atoms with Crippen LogP contribution in [0.25, 0.3) is 5.69 Å². The first-order chi connectivity index (χ1) is 19.8. The summed E-state index contributed by atoms with van der Waals surface area (Å²) in [5, 5.41) is 8.04. The number of anilines is 1. The second kappa shape index (κ2) is 11.2. The van der Waals surface area contributed by atoms with Gasteiger partial charge in [0.1, 0.15) is 22.8 Å². The fraction of sp³-hybridized carbons (Fsp3) is 0.414. The van der Waals surface area contributed by atoms with Crippen molar-refractivity contribution in [2.75, 3.05) is 38.0 Å². The molecule has 2 amide bonds. The molecule has 2 aromatic carbocycles. The van der Waals surface area contributed by atoms with Crippen LogP contribution in [0.1, 0.15) is 55.0 Å². The van der Waals surface area contributed by atoms with Crippen molar-refractivity contribution in [3.05, 3.63) is 65.5 Å². The average molecular weight is 587 g/mol. The highest BCUT2D eigenvalue weighted by Gasteiger charge is 2.37. The Morgan fingerprint density at radius 2 is 1.67 bits per heavy atom. The highest BCUT2D eigenvalue weighted by atomic mass is 19.4. The summed E-state index contributed by atoms with van der Waals surface area (Å²) < 4.78 is 52.6. The minimum absolute atomic E-state index is 0.108. The number of nitrogens with two attached hydrogens (primary N) is 1. The van der Waals surface area contributed by atoms with E-state index in [-0.39, 0.29) is 29.3 Å². The fourth-order valence-corrected chi connectivity index (χ4v) is 5.20. The van der Waals surface area contributed by atoms with Gasteiger partial charge in [-0.05, 0) is 63.6 Å². The lowest BCUT2D eigenvalue weighted by molar-refractivity contribution is -0.138. The maximum absolute atomic E-state index is 13.4. The van der Waals surface area contributed by atoms with E-state index in [0.717, 1.165) is 12.5 Å². The Labute approximate surface area is 241 Å². The summed E-state index contributed by atoms with van der Waals surface area (Å²) in [6, 6.07) is 11.1. The molecule has 3 aromatic rings. The van der Waals surface area contributed by atoms with Crippen molar-refractivity contribution in [2.24, 2.45) is 5.73 Å². The average Bonchev–Trinajstić information content (AvgIpc) is 3.33. The zero-order chi connectivity index (χ0) is 30.2. The van der Waals surface area contributed by atoms with Gasteiger partial charge in [0.15, 0.2) is 5.69 Å². The number of hydrogen-bond donors (Lipinski definition) is 2. The van der Waals surface area contributed by atoms with E-state index in [1.54, 1.807) is 17.0 Å². The topological polar surface area (TPSA) is 115 Å². The number of rotatable bonds is 5. The number of benzene rings is 2. The van der Waals surface area contributed by atoms with Gasteiger partial charge in [0, 0.05) is 32.7 Å². The van der Waals surface area contributed by atoms with Crippen LogP contribution in [0.15, 0.2) is 48.5 Å². The first kappa shape index (κ1) is 29.2. The molecule has 5 rings (SSSR count). The third kappa shape index (κ3) is 6.15. The maximum atomic E-state index is 13.4. The van der Waals surface area contributed by atoms with Gasteiger partial charge < -0.3 is 25.4 Å². The summed E-state index contributed by atoms with van der Waals surface area (Å²) in [4.78, 5) is 29.0. The molecule has 0 bridgehead atoms. The molecule has 1 fully saturated rings. The van der Waals surface area contributed by atoms with Crippen LogP contribution in [0.3, 0.4) is 0 Å². The van der Waals surface area contributed by atoms with Crippen LogP contribution in [-0.4, -0.2) is 69.9 Å². The molecule has 42 heavy (non-hydrogen) atoms. The fourth-order valence-electron chi connectivity index (χ4n) is 5.20. The molecule has 0 radical (unpaired) electrons. The minimum Gasteiger partial charge on any atom is -0.457 e.